The van der Waals surface area contributed by atoms with E-state index >= 15 is 0 Å². The van der Waals surface area contributed by atoms with Crippen LogP contribution in [-0.2, 0) is 19.0 Å². The van der Waals surface area contributed by atoms with E-state index in [4.69, 9.17) is 19.9 Å². The molecule has 0 bridgehead atoms. The van der Waals surface area contributed by atoms with Gasteiger partial charge in [0.05, 0.1) is 39.6 Å². The minimum Gasteiger partial charge on any atom is -0.378 e. The summed E-state index contributed by atoms with van der Waals surface area (Å²) in [5.41, 5.74) is 5.24. The first kappa shape index (κ1) is 15.3. The molecule has 0 spiro atoms. The third-order valence-corrected chi connectivity index (χ3v) is 1.63. The average molecular weight is 234 g/mol. The van der Waals surface area contributed by atoms with Gasteiger partial charge in [0.15, 0.2) is 0 Å². The Morgan fingerprint density at radius 3 is 2.00 bits per heavy atom. The zero-order chi connectivity index (χ0) is 12.1. The Morgan fingerprint density at radius 1 is 1.00 bits per heavy atom. The van der Waals surface area contributed by atoms with Crippen molar-refractivity contribution in [1.29, 1.82) is 0 Å². The number of ether oxygens (including phenoxy) is 3. The highest BCUT2D eigenvalue weighted by Crippen LogP contribution is 1.80. The summed E-state index contributed by atoms with van der Waals surface area (Å²) in [7, 11) is 0. The smallest absolute Gasteiger partial charge is 0.216 e. The van der Waals surface area contributed by atoms with Crippen LogP contribution in [0.4, 0.5) is 0 Å². The number of rotatable bonds is 11. The Bertz CT molecular complexity index is 167. The Kier molecular flexibility index (Phi) is 11.8. The molecule has 0 radical (unpaired) electrons. The second-order valence-corrected chi connectivity index (χ2v) is 3.11. The van der Waals surface area contributed by atoms with Crippen molar-refractivity contribution in [3.8, 4) is 0 Å². The van der Waals surface area contributed by atoms with Crippen LogP contribution in [0, 0.1) is 0 Å². The number of hydrogen-bond acceptors (Lipinski definition) is 5. The summed E-state index contributed by atoms with van der Waals surface area (Å²) in [6.45, 7) is 5.79. The fourth-order valence-corrected chi connectivity index (χ4v) is 0.924. The van der Waals surface area contributed by atoms with Gasteiger partial charge in [0.2, 0.25) is 5.91 Å². The summed E-state index contributed by atoms with van der Waals surface area (Å²) in [4.78, 5) is 10.5. The molecule has 6 nitrogen and oxygen atoms in total. The first-order chi connectivity index (χ1) is 7.77. The summed E-state index contributed by atoms with van der Waals surface area (Å²) in [6.07, 6.45) is 0. The van der Waals surface area contributed by atoms with Gasteiger partial charge < -0.3 is 25.3 Å². The Labute approximate surface area is 96.4 Å². The van der Waals surface area contributed by atoms with Crippen LogP contribution in [0.25, 0.3) is 0 Å². The maximum Gasteiger partial charge on any atom is 0.216 e. The predicted molar refractivity (Wildman–Crippen MR) is 60.2 cm³/mol. The van der Waals surface area contributed by atoms with Gasteiger partial charge in [-0.2, -0.15) is 0 Å². The quantitative estimate of drug-likeness (QED) is 0.454. The number of nitrogens with one attached hydrogen (secondary N) is 1. The molecule has 0 saturated carbocycles. The van der Waals surface area contributed by atoms with Gasteiger partial charge in [0.1, 0.15) is 0 Å². The molecule has 16 heavy (non-hydrogen) atoms. The highest BCUT2D eigenvalue weighted by atomic mass is 16.5. The normalized spacial score (nSPS) is 10.4. The van der Waals surface area contributed by atoms with E-state index in [1.54, 1.807) is 0 Å². The first-order valence-corrected chi connectivity index (χ1v) is 5.45. The minimum atomic E-state index is -0.0445. The number of carbonyl (C=O) groups excluding carboxylic acids is 1. The third kappa shape index (κ3) is 13.3. The van der Waals surface area contributed by atoms with Crippen LogP contribution in [0.15, 0.2) is 0 Å². The first-order valence-electron chi connectivity index (χ1n) is 5.45. The van der Waals surface area contributed by atoms with E-state index < -0.39 is 0 Å². The molecule has 0 unspecified atom stereocenters. The minimum absolute atomic E-state index is 0.0445. The molecular weight excluding hydrogens is 212 g/mol. The van der Waals surface area contributed by atoms with Gasteiger partial charge in [-0.3, -0.25) is 4.79 Å². The third-order valence-electron chi connectivity index (χ3n) is 1.63. The molecule has 0 aromatic carbocycles. The average Bonchev–Trinajstić information content (AvgIpc) is 2.25. The van der Waals surface area contributed by atoms with Crippen molar-refractivity contribution in [2.45, 2.75) is 6.92 Å². The maximum absolute atomic E-state index is 10.5. The second kappa shape index (κ2) is 12.4. The SMILES string of the molecule is CC(=O)NCCOCCOCCOCCN. The van der Waals surface area contributed by atoms with Gasteiger partial charge >= 0.3 is 0 Å². The molecule has 3 N–H and O–H groups in total. The van der Waals surface area contributed by atoms with Crippen LogP contribution in [-0.4, -0.2) is 58.6 Å². The summed E-state index contributed by atoms with van der Waals surface area (Å²) < 4.78 is 15.6. The highest BCUT2D eigenvalue weighted by Gasteiger charge is 1.92. The van der Waals surface area contributed by atoms with Gasteiger partial charge in [0, 0.05) is 20.0 Å². The summed E-state index contributed by atoms with van der Waals surface area (Å²) >= 11 is 0. The molecule has 0 aliphatic rings. The van der Waals surface area contributed by atoms with Gasteiger partial charge in [-0.1, -0.05) is 0 Å². The highest BCUT2D eigenvalue weighted by molar-refractivity contribution is 5.72. The van der Waals surface area contributed by atoms with Crippen LogP contribution in [0.5, 0.6) is 0 Å². The van der Waals surface area contributed by atoms with Crippen molar-refractivity contribution in [2.24, 2.45) is 5.73 Å². The van der Waals surface area contributed by atoms with Crippen molar-refractivity contribution in [3.63, 3.8) is 0 Å². The van der Waals surface area contributed by atoms with Crippen LogP contribution in [0.1, 0.15) is 6.92 Å². The molecule has 0 rings (SSSR count). The van der Waals surface area contributed by atoms with E-state index in [0.29, 0.717) is 52.7 Å². The number of amides is 1. The van der Waals surface area contributed by atoms with Gasteiger partial charge in [-0.25, -0.2) is 0 Å². The summed E-state index contributed by atoms with van der Waals surface area (Å²) in [6, 6.07) is 0. The maximum atomic E-state index is 10.5. The monoisotopic (exact) mass is 234 g/mol. The molecule has 1 amide bonds. The van der Waals surface area contributed by atoms with Gasteiger partial charge in [-0.15, -0.1) is 0 Å². The lowest BCUT2D eigenvalue weighted by atomic mass is 10.6. The molecule has 0 aliphatic heterocycles. The van der Waals surface area contributed by atoms with Crippen molar-refractivity contribution in [3.05, 3.63) is 0 Å². The van der Waals surface area contributed by atoms with Crippen molar-refractivity contribution >= 4 is 5.91 Å². The van der Waals surface area contributed by atoms with E-state index in [2.05, 4.69) is 5.32 Å². The lowest BCUT2D eigenvalue weighted by molar-refractivity contribution is -0.119. The van der Waals surface area contributed by atoms with Crippen LogP contribution < -0.4 is 11.1 Å². The predicted octanol–water partition coefficient (Wildman–Crippen LogP) is -0.869. The number of nitrogens with two attached hydrogens (primary N) is 1. The van der Waals surface area contributed by atoms with Crippen molar-refractivity contribution < 1.29 is 19.0 Å². The molecular formula is C10H22N2O4. The molecule has 0 fully saturated rings. The topological polar surface area (TPSA) is 82.8 Å². The van der Waals surface area contributed by atoms with Gasteiger partial charge in [0.25, 0.3) is 0 Å². The zero-order valence-corrected chi connectivity index (χ0v) is 9.87. The lowest BCUT2D eigenvalue weighted by Crippen LogP contribution is -2.25. The van der Waals surface area contributed by atoms with Gasteiger partial charge in [-0.05, 0) is 0 Å². The molecule has 0 aliphatic carbocycles. The van der Waals surface area contributed by atoms with E-state index in [1.807, 2.05) is 0 Å². The van der Waals surface area contributed by atoms with E-state index in [1.165, 1.54) is 6.92 Å². The summed E-state index contributed by atoms with van der Waals surface area (Å²) in [5.74, 6) is -0.0445. The van der Waals surface area contributed by atoms with E-state index in [-0.39, 0.29) is 5.91 Å². The Hall–Kier alpha value is -0.690. The van der Waals surface area contributed by atoms with Crippen LogP contribution >= 0.6 is 0 Å². The fourth-order valence-electron chi connectivity index (χ4n) is 0.924. The van der Waals surface area contributed by atoms with Crippen LogP contribution in [0.2, 0.25) is 0 Å². The molecule has 6 heteroatoms. The van der Waals surface area contributed by atoms with Crippen LogP contribution in [0.3, 0.4) is 0 Å². The van der Waals surface area contributed by atoms with Crippen molar-refractivity contribution in [1.82, 2.24) is 5.32 Å². The zero-order valence-electron chi connectivity index (χ0n) is 9.87. The molecule has 0 saturated heterocycles. The lowest BCUT2D eigenvalue weighted by Gasteiger charge is -2.06. The van der Waals surface area contributed by atoms with Crippen molar-refractivity contribution in [2.75, 3.05) is 52.7 Å². The molecule has 0 atom stereocenters. The number of carbonyl (C=O) groups is 1. The Balaban J connectivity index is 2.90. The number of hydrogen-bond donors (Lipinski definition) is 2. The second-order valence-electron chi connectivity index (χ2n) is 3.11. The largest absolute Gasteiger partial charge is 0.378 e. The summed E-state index contributed by atoms with van der Waals surface area (Å²) in [5, 5.41) is 2.63. The molecule has 0 aromatic heterocycles. The van der Waals surface area contributed by atoms with E-state index in [0.717, 1.165) is 0 Å². The molecule has 96 valence electrons. The molecule has 0 aromatic rings. The Morgan fingerprint density at radius 2 is 1.50 bits per heavy atom. The molecule has 0 heterocycles. The van der Waals surface area contributed by atoms with E-state index in [9.17, 15) is 4.79 Å². The fraction of sp³-hybridized carbons (Fsp3) is 0.900. The standard InChI is InChI=1S/C10H22N2O4/c1-10(13)12-3-5-15-7-9-16-8-6-14-4-2-11/h2-9,11H2,1H3,(H,12,13).